The lowest BCUT2D eigenvalue weighted by Gasteiger charge is -2.38. The Kier molecular flexibility index (Phi) is 7.67. The van der Waals surface area contributed by atoms with E-state index in [-0.39, 0.29) is 5.82 Å². The molecule has 1 saturated carbocycles. The van der Waals surface area contributed by atoms with Crippen LogP contribution in [0.1, 0.15) is 70.4 Å². The normalized spacial score (nSPS) is 17.8. The second-order valence-corrected chi connectivity index (χ2v) is 9.21. The fourth-order valence-corrected chi connectivity index (χ4v) is 5.21. The molecule has 2 aromatic carbocycles. The number of hydrogen-bond acceptors (Lipinski definition) is 2. The first-order valence-corrected chi connectivity index (χ1v) is 11.4. The maximum Gasteiger partial charge on any atom is 0.123 e. The minimum Gasteiger partial charge on any atom is -0.294 e. The third kappa shape index (κ3) is 5.10. The molecule has 2 unspecified atom stereocenters. The zero-order chi connectivity index (χ0) is 21.6. The summed E-state index contributed by atoms with van der Waals surface area (Å²) in [5, 5.41) is 10.4. The van der Waals surface area contributed by atoms with Gasteiger partial charge in [0.1, 0.15) is 5.82 Å². The maximum atomic E-state index is 13.6. The van der Waals surface area contributed by atoms with Crippen LogP contribution in [0.5, 0.6) is 0 Å². The van der Waals surface area contributed by atoms with E-state index in [1.807, 2.05) is 12.1 Å². The first-order chi connectivity index (χ1) is 14.5. The van der Waals surface area contributed by atoms with Gasteiger partial charge in [-0.3, -0.25) is 4.90 Å². The molecule has 0 heterocycles. The Bertz CT molecular complexity index is 818. The van der Waals surface area contributed by atoms with Gasteiger partial charge in [-0.2, -0.15) is 5.26 Å². The Labute approximate surface area is 181 Å². The van der Waals surface area contributed by atoms with Gasteiger partial charge in [0, 0.05) is 18.6 Å². The second kappa shape index (κ2) is 10.2. The molecule has 0 aromatic heterocycles. The zero-order valence-corrected chi connectivity index (χ0v) is 18.7. The van der Waals surface area contributed by atoms with Crippen molar-refractivity contribution in [1.29, 1.82) is 5.26 Å². The van der Waals surface area contributed by atoms with Crippen LogP contribution < -0.4 is 0 Å². The number of nitriles is 1. The quantitative estimate of drug-likeness (QED) is 0.455. The molecule has 2 aromatic rings. The molecule has 1 fully saturated rings. The third-order valence-corrected chi connectivity index (χ3v) is 7.00. The molecule has 1 aliphatic carbocycles. The molecule has 0 N–H and O–H groups in total. The highest BCUT2D eigenvalue weighted by atomic mass is 19.1. The lowest BCUT2D eigenvalue weighted by molar-refractivity contribution is 0.137. The fourth-order valence-electron chi connectivity index (χ4n) is 5.21. The summed E-state index contributed by atoms with van der Waals surface area (Å²) in [6.07, 6.45) is 6.34. The highest BCUT2D eigenvalue weighted by molar-refractivity contribution is 5.34. The molecule has 3 heteroatoms. The van der Waals surface area contributed by atoms with E-state index in [1.165, 1.54) is 30.5 Å². The minimum atomic E-state index is -0.520. The van der Waals surface area contributed by atoms with Crippen LogP contribution in [0.15, 0.2) is 54.6 Å². The van der Waals surface area contributed by atoms with Gasteiger partial charge in [0.05, 0.1) is 11.5 Å². The molecule has 0 amide bonds. The molecule has 0 aliphatic heterocycles. The first-order valence-electron chi connectivity index (χ1n) is 11.4. The Balaban J connectivity index is 1.80. The van der Waals surface area contributed by atoms with E-state index in [9.17, 15) is 9.65 Å². The summed E-state index contributed by atoms with van der Waals surface area (Å²) in [6, 6.07) is 20.8. The van der Waals surface area contributed by atoms with Gasteiger partial charge >= 0.3 is 0 Å². The van der Waals surface area contributed by atoms with Crippen LogP contribution in [0, 0.1) is 23.1 Å². The van der Waals surface area contributed by atoms with Gasteiger partial charge in [-0.1, -0.05) is 55.3 Å². The van der Waals surface area contributed by atoms with Gasteiger partial charge in [0.25, 0.3) is 0 Å². The van der Waals surface area contributed by atoms with Crippen molar-refractivity contribution in [3.05, 3.63) is 71.5 Å². The summed E-state index contributed by atoms with van der Waals surface area (Å²) in [4.78, 5) is 2.52. The zero-order valence-electron chi connectivity index (χ0n) is 18.7. The standard InChI is InChI=1S/C27H35FN2/c1-21(2)30(19-23-9-5-4-6-10-23)22(3)17-18-27(20-29,24-11-7-8-12-24)25-13-15-26(28)16-14-25/h4-6,9-10,13-16,21-22,24H,7-8,11-12,17-19H2,1-3H3. The summed E-state index contributed by atoms with van der Waals surface area (Å²) < 4.78 is 13.6. The van der Waals surface area contributed by atoms with Gasteiger partial charge < -0.3 is 0 Å². The van der Waals surface area contributed by atoms with Gasteiger partial charge in [0.2, 0.25) is 0 Å². The monoisotopic (exact) mass is 406 g/mol. The van der Waals surface area contributed by atoms with E-state index in [0.717, 1.165) is 37.8 Å². The van der Waals surface area contributed by atoms with Gasteiger partial charge in [0.15, 0.2) is 0 Å². The highest BCUT2D eigenvalue weighted by Crippen LogP contribution is 2.45. The van der Waals surface area contributed by atoms with Crippen molar-refractivity contribution in [2.45, 2.75) is 83.3 Å². The topological polar surface area (TPSA) is 27.0 Å². The van der Waals surface area contributed by atoms with Crippen molar-refractivity contribution in [2.75, 3.05) is 0 Å². The predicted octanol–water partition coefficient (Wildman–Crippen LogP) is 6.86. The lowest BCUT2D eigenvalue weighted by atomic mass is 9.67. The van der Waals surface area contributed by atoms with E-state index in [0.29, 0.717) is 18.0 Å². The maximum absolute atomic E-state index is 13.6. The predicted molar refractivity (Wildman–Crippen MR) is 121 cm³/mol. The van der Waals surface area contributed by atoms with E-state index in [1.54, 1.807) is 0 Å². The van der Waals surface area contributed by atoms with E-state index in [2.05, 4.69) is 62.1 Å². The van der Waals surface area contributed by atoms with Crippen LogP contribution in [0.2, 0.25) is 0 Å². The van der Waals surface area contributed by atoms with Crippen molar-refractivity contribution in [2.24, 2.45) is 5.92 Å². The Morgan fingerprint density at radius 2 is 1.67 bits per heavy atom. The van der Waals surface area contributed by atoms with Crippen LogP contribution in [0.4, 0.5) is 4.39 Å². The molecular weight excluding hydrogens is 371 g/mol. The molecular formula is C27H35FN2. The Morgan fingerprint density at radius 3 is 2.23 bits per heavy atom. The van der Waals surface area contributed by atoms with Crippen molar-refractivity contribution < 1.29 is 4.39 Å². The Morgan fingerprint density at radius 1 is 1.03 bits per heavy atom. The van der Waals surface area contributed by atoms with Crippen LogP contribution in [-0.4, -0.2) is 17.0 Å². The minimum absolute atomic E-state index is 0.237. The molecule has 2 nitrogen and oxygen atoms in total. The molecule has 3 rings (SSSR count). The molecule has 2 atom stereocenters. The lowest BCUT2D eigenvalue weighted by Crippen LogP contribution is -2.40. The molecule has 0 radical (unpaired) electrons. The SMILES string of the molecule is CC(C)N(Cc1ccccc1)C(C)CCC(C#N)(c1ccc(F)cc1)C1CCCC1. The van der Waals surface area contributed by atoms with E-state index in [4.69, 9.17) is 0 Å². The average Bonchev–Trinajstić information content (AvgIpc) is 3.29. The number of hydrogen-bond donors (Lipinski definition) is 0. The molecule has 160 valence electrons. The summed E-state index contributed by atoms with van der Waals surface area (Å²) in [6.45, 7) is 7.69. The van der Waals surface area contributed by atoms with Gasteiger partial charge in [-0.15, -0.1) is 0 Å². The summed E-state index contributed by atoms with van der Waals surface area (Å²) >= 11 is 0. The van der Waals surface area contributed by atoms with Crippen LogP contribution >= 0.6 is 0 Å². The van der Waals surface area contributed by atoms with Crippen molar-refractivity contribution >= 4 is 0 Å². The van der Waals surface area contributed by atoms with Crippen molar-refractivity contribution in [3.63, 3.8) is 0 Å². The Hall–Kier alpha value is -2.18. The highest BCUT2D eigenvalue weighted by Gasteiger charge is 2.42. The first kappa shape index (κ1) is 22.5. The fraction of sp³-hybridized carbons (Fsp3) is 0.519. The summed E-state index contributed by atoms with van der Waals surface area (Å²) in [5.74, 6) is 0.126. The molecule has 1 aliphatic rings. The smallest absolute Gasteiger partial charge is 0.123 e. The number of halogens is 1. The van der Waals surface area contributed by atoms with Crippen molar-refractivity contribution in [1.82, 2.24) is 4.90 Å². The van der Waals surface area contributed by atoms with Crippen LogP contribution in [0.25, 0.3) is 0 Å². The van der Waals surface area contributed by atoms with Gasteiger partial charge in [-0.05, 0) is 75.6 Å². The molecule has 0 saturated heterocycles. The average molecular weight is 407 g/mol. The second-order valence-electron chi connectivity index (χ2n) is 9.21. The number of nitrogens with zero attached hydrogens (tertiary/aromatic N) is 2. The van der Waals surface area contributed by atoms with Crippen LogP contribution in [0.3, 0.4) is 0 Å². The van der Waals surface area contributed by atoms with E-state index >= 15 is 0 Å². The summed E-state index contributed by atoms with van der Waals surface area (Å²) in [5.41, 5.74) is 1.79. The van der Waals surface area contributed by atoms with Crippen molar-refractivity contribution in [3.8, 4) is 6.07 Å². The molecule has 0 bridgehead atoms. The molecule has 0 spiro atoms. The van der Waals surface area contributed by atoms with Crippen LogP contribution in [-0.2, 0) is 12.0 Å². The van der Waals surface area contributed by atoms with Gasteiger partial charge in [-0.25, -0.2) is 4.39 Å². The number of benzene rings is 2. The third-order valence-electron chi connectivity index (χ3n) is 7.00. The largest absolute Gasteiger partial charge is 0.294 e. The summed E-state index contributed by atoms with van der Waals surface area (Å²) in [7, 11) is 0. The molecule has 30 heavy (non-hydrogen) atoms. The number of rotatable bonds is 9. The van der Waals surface area contributed by atoms with E-state index < -0.39 is 5.41 Å².